The van der Waals surface area contributed by atoms with Gasteiger partial charge in [-0.1, -0.05) is 50.3 Å². The van der Waals surface area contributed by atoms with Gasteiger partial charge >= 0.3 is 0 Å². The summed E-state index contributed by atoms with van der Waals surface area (Å²) in [5.74, 6) is 1.36. The minimum atomic E-state index is 0.681. The minimum Gasteiger partial charge on any atom is -0.373 e. The van der Waals surface area contributed by atoms with Gasteiger partial charge in [0.2, 0.25) is 0 Å². The molecule has 0 spiro atoms. The number of hydrogen-bond donors (Lipinski definition) is 0. The molecular weight excluding hydrogens is 232 g/mol. The Morgan fingerprint density at radius 3 is 1.53 bits per heavy atom. The minimum absolute atomic E-state index is 0.681. The molecule has 0 rings (SSSR count). The van der Waals surface area contributed by atoms with Crippen molar-refractivity contribution >= 4 is 0 Å². The molecule has 0 bridgehead atoms. The van der Waals surface area contributed by atoms with Crippen LogP contribution in [-0.2, 0) is 4.74 Å². The van der Waals surface area contributed by atoms with E-state index in [0.717, 1.165) is 25.7 Å². The van der Waals surface area contributed by atoms with Crippen LogP contribution in [0.5, 0.6) is 0 Å². The summed E-state index contributed by atoms with van der Waals surface area (Å²) in [6.07, 6.45) is 16.9. The molecule has 0 aromatic carbocycles. The van der Waals surface area contributed by atoms with E-state index in [2.05, 4.69) is 51.3 Å². The van der Waals surface area contributed by atoms with Crippen molar-refractivity contribution in [2.45, 2.75) is 39.5 Å². The molecule has 0 fully saturated rings. The summed E-state index contributed by atoms with van der Waals surface area (Å²) in [7, 11) is 0. The van der Waals surface area contributed by atoms with Crippen molar-refractivity contribution in [1.82, 2.24) is 0 Å². The van der Waals surface area contributed by atoms with Crippen molar-refractivity contribution < 1.29 is 4.74 Å². The molecule has 0 saturated carbocycles. The van der Waals surface area contributed by atoms with Crippen LogP contribution in [0.25, 0.3) is 0 Å². The molecular formula is C18H30O. The third-order valence-electron chi connectivity index (χ3n) is 2.98. The maximum Gasteiger partial charge on any atom is 0.0651 e. The molecule has 0 amide bonds. The Kier molecular flexibility index (Phi) is 12.6. The first-order chi connectivity index (χ1) is 9.20. The average molecular weight is 262 g/mol. The molecule has 0 aliphatic rings. The van der Waals surface area contributed by atoms with Crippen LogP contribution in [0.3, 0.4) is 0 Å². The number of ether oxygens (including phenoxy) is 1. The highest BCUT2D eigenvalue weighted by Gasteiger charge is 1.95. The fourth-order valence-electron chi connectivity index (χ4n) is 1.76. The summed E-state index contributed by atoms with van der Waals surface area (Å²) in [5.41, 5.74) is 0. The third-order valence-corrected chi connectivity index (χ3v) is 2.98. The van der Waals surface area contributed by atoms with Gasteiger partial charge < -0.3 is 4.74 Å². The monoisotopic (exact) mass is 262 g/mol. The molecule has 19 heavy (non-hydrogen) atoms. The highest BCUT2D eigenvalue weighted by atomic mass is 16.5. The van der Waals surface area contributed by atoms with E-state index < -0.39 is 0 Å². The summed E-state index contributed by atoms with van der Waals surface area (Å²) in [4.78, 5) is 0. The quantitative estimate of drug-likeness (QED) is 0.341. The number of rotatable bonds is 12. The second-order valence-corrected chi connectivity index (χ2v) is 5.21. The standard InChI is InChI=1S/C18H30O/c1-5-11-17(3)13-7-9-15-19-16-10-8-14-18(4)12-6-2/h5-10,17-18H,1-2,11-16H2,3-4H3. The van der Waals surface area contributed by atoms with Gasteiger partial charge in [0.05, 0.1) is 13.2 Å². The summed E-state index contributed by atoms with van der Waals surface area (Å²) in [5, 5.41) is 0. The molecule has 108 valence electrons. The molecule has 0 aliphatic carbocycles. The Bertz CT molecular complexity index is 247. The van der Waals surface area contributed by atoms with Crippen LogP contribution in [0.15, 0.2) is 49.6 Å². The van der Waals surface area contributed by atoms with Gasteiger partial charge in [0.1, 0.15) is 0 Å². The molecule has 0 radical (unpaired) electrons. The molecule has 0 aromatic rings. The second kappa shape index (κ2) is 13.4. The molecule has 0 N–H and O–H groups in total. The van der Waals surface area contributed by atoms with Crippen LogP contribution in [0.4, 0.5) is 0 Å². The van der Waals surface area contributed by atoms with Gasteiger partial charge in [-0.25, -0.2) is 0 Å². The van der Waals surface area contributed by atoms with Crippen LogP contribution in [-0.4, -0.2) is 13.2 Å². The first-order valence-electron chi connectivity index (χ1n) is 7.30. The van der Waals surface area contributed by atoms with Crippen molar-refractivity contribution in [3.63, 3.8) is 0 Å². The Hall–Kier alpha value is -1.08. The lowest BCUT2D eigenvalue weighted by atomic mass is 10.0. The average Bonchev–Trinajstić information content (AvgIpc) is 2.37. The van der Waals surface area contributed by atoms with Crippen molar-refractivity contribution in [1.29, 1.82) is 0 Å². The predicted molar refractivity (Wildman–Crippen MR) is 86.3 cm³/mol. The van der Waals surface area contributed by atoms with Gasteiger partial charge in [-0.2, -0.15) is 0 Å². The maximum atomic E-state index is 5.50. The Morgan fingerprint density at radius 1 is 0.737 bits per heavy atom. The summed E-state index contributed by atoms with van der Waals surface area (Å²) >= 11 is 0. The van der Waals surface area contributed by atoms with E-state index in [1.807, 2.05) is 12.2 Å². The molecule has 1 nitrogen and oxygen atoms in total. The zero-order chi connectivity index (χ0) is 14.3. The van der Waals surface area contributed by atoms with Gasteiger partial charge in [-0.15, -0.1) is 13.2 Å². The molecule has 1 heteroatoms. The Morgan fingerprint density at radius 2 is 1.16 bits per heavy atom. The molecule has 0 heterocycles. The molecule has 0 aromatic heterocycles. The highest BCUT2D eigenvalue weighted by Crippen LogP contribution is 2.08. The van der Waals surface area contributed by atoms with Gasteiger partial charge in [0.25, 0.3) is 0 Å². The lowest BCUT2D eigenvalue weighted by Gasteiger charge is -2.04. The summed E-state index contributed by atoms with van der Waals surface area (Å²) in [6.45, 7) is 13.4. The van der Waals surface area contributed by atoms with Gasteiger partial charge in [-0.3, -0.25) is 0 Å². The lowest BCUT2D eigenvalue weighted by Crippen LogP contribution is -1.93. The van der Waals surface area contributed by atoms with Crippen LogP contribution in [0.2, 0.25) is 0 Å². The van der Waals surface area contributed by atoms with Crippen LogP contribution in [0, 0.1) is 11.8 Å². The van der Waals surface area contributed by atoms with E-state index in [9.17, 15) is 0 Å². The molecule has 0 aliphatic heterocycles. The fraction of sp³-hybridized carbons (Fsp3) is 0.556. The predicted octanol–water partition coefficient (Wildman–Crippen LogP) is 5.32. The normalized spacial score (nSPS) is 14.8. The van der Waals surface area contributed by atoms with Crippen LogP contribution >= 0.6 is 0 Å². The third kappa shape index (κ3) is 13.2. The van der Waals surface area contributed by atoms with E-state index in [1.54, 1.807) is 0 Å². The van der Waals surface area contributed by atoms with E-state index in [0.29, 0.717) is 25.0 Å². The number of hydrogen-bond acceptors (Lipinski definition) is 1. The second-order valence-electron chi connectivity index (χ2n) is 5.21. The van der Waals surface area contributed by atoms with Gasteiger partial charge in [0.15, 0.2) is 0 Å². The topological polar surface area (TPSA) is 9.23 Å². The highest BCUT2D eigenvalue weighted by molar-refractivity contribution is 4.87. The summed E-state index contributed by atoms with van der Waals surface area (Å²) < 4.78 is 5.50. The van der Waals surface area contributed by atoms with Crippen LogP contribution < -0.4 is 0 Å². The van der Waals surface area contributed by atoms with Crippen molar-refractivity contribution in [3.8, 4) is 0 Å². The molecule has 0 saturated heterocycles. The zero-order valence-electron chi connectivity index (χ0n) is 12.7. The van der Waals surface area contributed by atoms with Crippen molar-refractivity contribution in [2.24, 2.45) is 11.8 Å². The maximum absolute atomic E-state index is 5.50. The van der Waals surface area contributed by atoms with Crippen molar-refractivity contribution in [2.75, 3.05) is 13.2 Å². The Balaban J connectivity index is 3.43. The van der Waals surface area contributed by atoms with E-state index in [4.69, 9.17) is 4.74 Å². The SMILES string of the molecule is C=CCC(C)CC=CCOCC=CCC(C)CC=C. The first kappa shape index (κ1) is 17.9. The smallest absolute Gasteiger partial charge is 0.0651 e. The summed E-state index contributed by atoms with van der Waals surface area (Å²) in [6, 6.07) is 0. The van der Waals surface area contributed by atoms with E-state index in [-0.39, 0.29) is 0 Å². The Labute approximate surface area is 119 Å². The molecule has 2 unspecified atom stereocenters. The van der Waals surface area contributed by atoms with E-state index in [1.165, 1.54) is 0 Å². The van der Waals surface area contributed by atoms with Crippen molar-refractivity contribution in [3.05, 3.63) is 49.6 Å². The number of allylic oxidation sites excluding steroid dienone is 4. The lowest BCUT2D eigenvalue weighted by molar-refractivity contribution is 0.193. The van der Waals surface area contributed by atoms with Gasteiger partial charge in [-0.05, 0) is 37.5 Å². The largest absolute Gasteiger partial charge is 0.373 e. The first-order valence-corrected chi connectivity index (χ1v) is 7.30. The molecule has 2 atom stereocenters. The zero-order valence-corrected chi connectivity index (χ0v) is 12.7. The van der Waals surface area contributed by atoms with Gasteiger partial charge in [0, 0.05) is 0 Å². The fourth-order valence-corrected chi connectivity index (χ4v) is 1.76. The van der Waals surface area contributed by atoms with Crippen LogP contribution in [0.1, 0.15) is 39.5 Å². The van der Waals surface area contributed by atoms with E-state index >= 15 is 0 Å².